The fourth-order valence-electron chi connectivity index (χ4n) is 2.69. The van der Waals surface area contributed by atoms with Crippen molar-refractivity contribution < 1.29 is 13.2 Å². The monoisotopic (exact) mass is 395 g/mol. The molecule has 0 aliphatic rings. The summed E-state index contributed by atoms with van der Waals surface area (Å²) < 4.78 is 27.9. The van der Waals surface area contributed by atoms with Crippen molar-refractivity contribution in [1.29, 1.82) is 0 Å². The molecule has 3 rings (SSSR count). The fraction of sp³-hybridized carbons (Fsp3) is 0.143. The first-order valence-electron chi connectivity index (χ1n) is 8.73. The molecule has 144 valence electrons. The highest BCUT2D eigenvalue weighted by molar-refractivity contribution is 7.92. The van der Waals surface area contributed by atoms with Crippen molar-refractivity contribution in [2.24, 2.45) is 0 Å². The average molecular weight is 395 g/mol. The third-order valence-corrected chi connectivity index (χ3v) is 5.74. The molecule has 3 aromatic rings. The van der Waals surface area contributed by atoms with Gasteiger partial charge in [-0.3, -0.25) is 14.5 Å². The summed E-state index contributed by atoms with van der Waals surface area (Å²) >= 11 is 0. The molecule has 0 saturated heterocycles. The molecule has 1 aromatic heterocycles. The molecule has 1 heterocycles. The summed E-state index contributed by atoms with van der Waals surface area (Å²) in [5.74, 6) is -0.273. The summed E-state index contributed by atoms with van der Waals surface area (Å²) in [6.07, 6.45) is 3.32. The van der Waals surface area contributed by atoms with Gasteiger partial charge in [0.05, 0.1) is 10.6 Å². The van der Waals surface area contributed by atoms with Gasteiger partial charge >= 0.3 is 0 Å². The summed E-state index contributed by atoms with van der Waals surface area (Å²) in [4.78, 5) is 16.7. The topological polar surface area (TPSA) is 88.2 Å². The number of aromatic nitrogens is 1. The summed E-state index contributed by atoms with van der Waals surface area (Å²) in [6.45, 7) is 3.97. The predicted molar refractivity (Wildman–Crippen MR) is 109 cm³/mol. The maximum atomic E-state index is 12.6. The lowest BCUT2D eigenvalue weighted by atomic mass is 10.1. The first kappa shape index (κ1) is 19.6. The lowest BCUT2D eigenvalue weighted by molar-refractivity contribution is 0.0950. The van der Waals surface area contributed by atoms with E-state index in [2.05, 4.69) is 15.0 Å². The van der Waals surface area contributed by atoms with Gasteiger partial charge in [-0.15, -0.1) is 0 Å². The van der Waals surface area contributed by atoms with Crippen LogP contribution in [0.25, 0.3) is 0 Å². The molecule has 0 aliphatic carbocycles. The molecule has 0 aliphatic heterocycles. The van der Waals surface area contributed by atoms with Crippen LogP contribution in [0.2, 0.25) is 0 Å². The molecule has 0 spiro atoms. The van der Waals surface area contributed by atoms with Crippen LogP contribution in [0.4, 0.5) is 5.69 Å². The van der Waals surface area contributed by atoms with E-state index in [0.29, 0.717) is 23.4 Å². The molecule has 0 radical (unpaired) electrons. The Bertz CT molecular complexity index is 1080. The normalized spacial score (nSPS) is 11.1. The predicted octanol–water partition coefficient (Wildman–Crippen LogP) is 3.43. The number of nitrogens with zero attached hydrogens (tertiary/aromatic N) is 1. The Morgan fingerprint density at radius 3 is 2.32 bits per heavy atom. The van der Waals surface area contributed by atoms with Gasteiger partial charge < -0.3 is 5.32 Å². The minimum atomic E-state index is -3.74. The second-order valence-electron chi connectivity index (χ2n) is 6.43. The second-order valence-corrected chi connectivity index (χ2v) is 8.12. The van der Waals surface area contributed by atoms with Gasteiger partial charge in [-0.1, -0.05) is 23.8 Å². The van der Waals surface area contributed by atoms with E-state index in [-0.39, 0.29) is 10.8 Å². The number of amides is 1. The van der Waals surface area contributed by atoms with E-state index in [1.807, 2.05) is 19.1 Å². The number of hydrogen-bond donors (Lipinski definition) is 2. The first-order valence-corrected chi connectivity index (χ1v) is 10.2. The molecule has 28 heavy (non-hydrogen) atoms. The molecule has 0 fully saturated rings. The van der Waals surface area contributed by atoms with Crippen molar-refractivity contribution in [3.63, 3.8) is 0 Å². The maximum Gasteiger partial charge on any atom is 0.261 e. The number of benzene rings is 2. The van der Waals surface area contributed by atoms with Crippen molar-refractivity contribution in [2.75, 3.05) is 4.72 Å². The Hall–Kier alpha value is -3.19. The average Bonchev–Trinajstić information content (AvgIpc) is 2.69. The van der Waals surface area contributed by atoms with Crippen LogP contribution in [-0.4, -0.2) is 19.3 Å². The molecule has 6 nitrogen and oxygen atoms in total. The molecular weight excluding hydrogens is 374 g/mol. The van der Waals surface area contributed by atoms with Gasteiger partial charge in [0.2, 0.25) is 0 Å². The lowest BCUT2D eigenvalue weighted by Gasteiger charge is -2.14. The van der Waals surface area contributed by atoms with Gasteiger partial charge in [-0.2, -0.15) is 0 Å². The molecule has 2 N–H and O–H groups in total. The minimum Gasteiger partial charge on any atom is -0.348 e. The highest BCUT2D eigenvalue weighted by atomic mass is 32.2. The van der Waals surface area contributed by atoms with Crippen molar-refractivity contribution >= 4 is 21.6 Å². The second kappa shape index (κ2) is 8.22. The van der Waals surface area contributed by atoms with Crippen molar-refractivity contribution in [3.8, 4) is 0 Å². The van der Waals surface area contributed by atoms with E-state index in [9.17, 15) is 13.2 Å². The third-order valence-electron chi connectivity index (χ3n) is 4.36. The number of sulfonamides is 1. The van der Waals surface area contributed by atoms with Gasteiger partial charge in [-0.05, 0) is 61.4 Å². The third kappa shape index (κ3) is 4.55. The summed E-state index contributed by atoms with van der Waals surface area (Å²) in [5.41, 5.74) is 3.25. The van der Waals surface area contributed by atoms with Crippen LogP contribution in [0.3, 0.4) is 0 Å². The molecule has 7 heteroatoms. The molecule has 1 amide bonds. The molecule has 2 aromatic carbocycles. The number of carbonyl (C=O) groups excluding carboxylic acids is 1. The Morgan fingerprint density at radius 2 is 1.64 bits per heavy atom. The number of nitrogens with one attached hydrogen (secondary N) is 2. The van der Waals surface area contributed by atoms with Crippen LogP contribution in [0.5, 0.6) is 0 Å². The highest BCUT2D eigenvalue weighted by Gasteiger charge is 2.18. The van der Waals surface area contributed by atoms with Crippen LogP contribution < -0.4 is 10.0 Å². The molecule has 0 saturated carbocycles. The zero-order valence-electron chi connectivity index (χ0n) is 15.6. The first-order chi connectivity index (χ1) is 13.4. The van der Waals surface area contributed by atoms with Crippen LogP contribution >= 0.6 is 0 Å². The van der Waals surface area contributed by atoms with E-state index < -0.39 is 10.0 Å². The highest BCUT2D eigenvalue weighted by Crippen LogP contribution is 2.23. The smallest absolute Gasteiger partial charge is 0.261 e. The standard InChI is InChI=1S/C21H21N3O3S/c1-15-6-8-18(9-7-15)28(26,27)24-20-5-3-4-19(16(20)2)21(25)23-14-17-10-12-22-13-11-17/h3-13,24H,14H2,1-2H3,(H,23,25). The Kier molecular flexibility index (Phi) is 5.75. The summed E-state index contributed by atoms with van der Waals surface area (Å²) in [5, 5.41) is 2.84. The van der Waals surface area contributed by atoms with Gasteiger partial charge in [0.15, 0.2) is 0 Å². The van der Waals surface area contributed by atoms with Crippen molar-refractivity contribution in [1.82, 2.24) is 10.3 Å². The molecule has 0 bridgehead atoms. The lowest BCUT2D eigenvalue weighted by Crippen LogP contribution is -2.24. The number of anilines is 1. The van der Waals surface area contributed by atoms with Gasteiger partial charge in [0, 0.05) is 24.5 Å². The Labute approximate surface area is 164 Å². The number of hydrogen-bond acceptors (Lipinski definition) is 4. The largest absolute Gasteiger partial charge is 0.348 e. The molecular formula is C21H21N3O3S. The number of rotatable bonds is 6. The summed E-state index contributed by atoms with van der Waals surface area (Å²) in [7, 11) is -3.74. The number of pyridine rings is 1. The van der Waals surface area contributed by atoms with Crippen LogP contribution in [0, 0.1) is 13.8 Å². The zero-order chi connectivity index (χ0) is 20.1. The van der Waals surface area contributed by atoms with Crippen molar-refractivity contribution in [2.45, 2.75) is 25.3 Å². The number of aryl methyl sites for hydroxylation is 1. The Balaban J connectivity index is 1.78. The van der Waals surface area contributed by atoms with E-state index in [1.54, 1.807) is 61.8 Å². The van der Waals surface area contributed by atoms with Crippen LogP contribution in [0.1, 0.15) is 27.0 Å². The molecule has 0 unspecified atom stereocenters. The van der Waals surface area contributed by atoms with Crippen molar-refractivity contribution in [3.05, 3.63) is 89.2 Å². The fourth-order valence-corrected chi connectivity index (χ4v) is 3.81. The Morgan fingerprint density at radius 1 is 0.964 bits per heavy atom. The van der Waals surface area contributed by atoms with E-state index in [4.69, 9.17) is 0 Å². The van der Waals surface area contributed by atoms with Crippen LogP contribution in [0.15, 0.2) is 71.9 Å². The van der Waals surface area contributed by atoms with Gasteiger partial charge in [0.1, 0.15) is 0 Å². The maximum absolute atomic E-state index is 12.6. The molecule has 0 atom stereocenters. The SMILES string of the molecule is Cc1ccc(S(=O)(=O)Nc2cccc(C(=O)NCc3ccncc3)c2C)cc1. The summed E-state index contributed by atoms with van der Waals surface area (Å²) in [6, 6.07) is 15.2. The van der Waals surface area contributed by atoms with E-state index in [0.717, 1.165) is 11.1 Å². The quantitative estimate of drug-likeness (QED) is 0.669. The van der Waals surface area contributed by atoms with Crippen LogP contribution in [-0.2, 0) is 16.6 Å². The number of carbonyl (C=O) groups is 1. The van der Waals surface area contributed by atoms with E-state index >= 15 is 0 Å². The van der Waals surface area contributed by atoms with Gasteiger partial charge in [-0.25, -0.2) is 8.42 Å². The van der Waals surface area contributed by atoms with E-state index in [1.165, 1.54) is 0 Å². The minimum absolute atomic E-state index is 0.171. The van der Waals surface area contributed by atoms with Gasteiger partial charge in [0.25, 0.3) is 15.9 Å². The zero-order valence-corrected chi connectivity index (χ0v) is 16.5.